The van der Waals surface area contributed by atoms with Crippen LogP contribution in [0.2, 0.25) is 0 Å². The number of nitrogens with zero attached hydrogens (tertiary/aromatic N) is 4. The van der Waals surface area contributed by atoms with Gasteiger partial charge in [0, 0.05) is 47.5 Å². The van der Waals surface area contributed by atoms with E-state index in [4.69, 9.17) is 0 Å². The molecule has 7 heteroatoms. The zero-order valence-electron chi connectivity index (χ0n) is 12.9. The smallest absolute Gasteiger partial charge is 0.128 e. The van der Waals surface area contributed by atoms with Gasteiger partial charge in [0.05, 0.1) is 0 Å². The molecule has 0 aliphatic carbocycles. The molecule has 124 valence electrons. The number of aromatic nitrogens is 2. The Kier molecular flexibility index (Phi) is 7.95. The van der Waals surface area contributed by atoms with Crippen LogP contribution in [0.5, 0.6) is 0 Å². The molecule has 0 aromatic carbocycles. The summed E-state index contributed by atoms with van der Waals surface area (Å²) in [5, 5.41) is 0. The predicted octanol–water partition coefficient (Wildman–Crippen LogP) is 4.59. The van der Waals surface area contributed by atoms with E-state index in [0.717, 1.165) is 52.1 Å². The van der Waals surface area contributed by atoms with Crippen molar-refractivity contribution in [2.45, 2.75) is 6.92 Å². The van der Waals surface area contributed by atoms with Crippen LogP contribution in [0.25, 0.3) is 0 Å². The molecule has 1 aliphatic heterocycles. The van der Waals surface area contributed by atoms with Crippen molar-refractivity contribution in [2.24, 2.45) is 0 Å². The van der Waals surface area contributed by atoms with E-state index in [1.807, 2.05) is 18.3 Å². The standard InChI is InChI=1S/C11H16BrN3.C5H3Br2N/c1-2-14-5-7-15(8-6-14)11-4-3-10(12)9-13-11;6-4-1-2-5(7)8-3-4/h3-4,9H,2,5-8H2,1H3;1-3H. The lowest BCUT2D eigenvalue weighted by atomic mass is 10.3. The third kappa shape index (κ3) is 6.49. The van der Waals surface area contributed by atoms with Gasteiger partial charge in [-0.05, 0) is 78.6 Å². The molecule has 23 heavy (non-hydrogen) atoms. The van der Waals surface area contributed by atoms with Gasteiger partial charge in [-0.1, -0.05) is 6.92 Å². The highest BCUT2D eigenvalue weighted by Gasteiger charge is 2.16. The van der Waals surface area contributed by atoms with E-state index in [9.17, 15) is 0 Å². The lowest BCUT2D eigenvalue weighted by Crippen LogP contribution is -2.46. The molecule has 3 rings (SSSR count). The van der Waals surface area contributed by atoms with Gasteiger partial charge >= 0.3 is 0 Å². The van der Waals surface area contributed by atoms with Crippen LogP contribution in [0.3, 0.4) is 0 Å². The minimum atomic E-state index is 0.862. The molecule has 1 fully saturated rings. The Labute approximate surface area is 162 Å². The molecule has 1 aliphatic rings. The number of halogens is 3. The third-order valence-corrected chi connectivity index (χ3v) is 4.95. The second-order valence-corrected chi connectivity index (χ2v) is 7.70. The van der Waals surface area contributed by atoms with Crippen LogP contribution in [0.1, 0.15) is 6.92 Å². The van der Waals surface area contributed by atoms with Crippen molar-refractivity contribution in [3.8, 4) is 0 Å². The summed E-state index contributed by atoms with van der Waals surface area (Å²) in [6.07, 6.45) is 3.60. The molecule has 0 radical (unpaired) electrons. The topological polar surface area (TPSA) is 32.3 Å². The van der Waals surface area contributed by atoms with Gasteiger partial charge in [0.2, 0.25) is 0 Å². The minimum absolute atomic E-state index is 0.862. The van der Waals surface area contributed by atoms with Crippen LogP contribution in [-0.4, -0.2) is 47.6 Å². The van der Waals surface area contributed by atoms with E-state index in [2.05, 4.69) is 86.6 Å². The van der Waals surface area contributed by atoms with E-state index in [0.29, 0.717) is 0 Å². The number of rotatable bonds is 2. The zero-order valence-corrected chi connectivity index (χ0v) is 17.7. The molecule has 0 N–H and O–H groups in total. The summed E-state index contributed by atoms with van der Waals surface area (Å²) in [6.45, 7) is 7.84. The summed E-state index contributed by atoms with van der Waals surface area (Å²) >= 11 is 9.88. The molecular weight excluding hydrogens is 488 g/mol. The summed E-state index contributed by atoms with van der Waals surface area (Å²) in [5.41, 5.74) is 0. The maximum absolute atomic E-state index is 4.41. The number of pyridine rings is 2. The molecule has 2 aromatic rings. The first-order valence-electron chi connectivity index (χ1n) is 7.44. The fraction of sp³-hybridized carbons (Fsp3) is 0.375. The number of anilines is 1. The summed E-state index contributed by atoms with van der Waals surface area (Å²) in [6, 6.07) is 7.93. The van der Waals surface area contributed by atoms with E-state index in [1.165, 1.54) is 0 Å². The molecular formula is C16H19Br3N4. The van der Waals surface area contributed by atoms with Gasteiger partial charge in [0.25, 0.3) is 0 Å². The molecule has 0 amide bonds. The summed E-state index contributed by atoms with van der Waals surface area (Å²) < 4.78 is 2.90. The molecule has 2 aromatic heterocycles. The minimum Gasteiger partial charge on any atom is -0.354 e. The van der Waals surface area contributed by atoms with Crippen LogP contribution in [0.4, 0.5) is 5.82 Å². The van der Waals surface area contributed by atoms with Gasteiger partial charge < -0.3 is 9.80 Å². The lowest BCUT2D eigenvalue weighted by molar-refractivity contribution is 0.270. The average Bonchev–Trinajstić information content (AvgIpc) is 2.59. The van der Waals surface area contributed by atoms with Crippen molar-refractivity contribution in [1.82, 2.24) is 14.9 Å². The van der Waals surface area contributed by atoms with Crippen molar-refractivity contribution in [2.75, 3.05) is 37.6 Å². The number of hydrogen-bond donors (Lipinski definition) is 0. The molecule has 0 bridgehead atoms. The van der Waals surface area contributed by atoms with Crippen molar-refractivity contribution in [1.29, 1.82) is 0 Å². The highest BCUT2D eigenvalue weighted by atomic mass is 79.9. The Balaban J connectivity index is 0.000000203. The van der Waals surface area contributed by atoms with Crippen LogP contribution in [0.15, 0.2) is 50.2 Å². The average molecular weight is 507 g/mol. The van der Waals surface area contributed by atoms with Gasteiger partial charge in [0.15, 0.2) is 0 Å². The van der Waals surface area contributed by atoms with Crippen molar-refractivity contribution in [3.63, 3.8) is 0 Å². The Morgan fingerprint density at radius 1 is 0.870 bits per heavy atom. The SMILES string of the molecule is Brc1ccc(Br)nc1.CCN1CCN(c2ccc(Br)cn2)CC1. The Morgan fingerprint density at radius 3 is 1.91 bits per heavy atom. The first-order valence-corrected chi connectivity index (χ1v) is 9.82. The molecule has 0 atom stereocenters. The highest BCUT2D eigenvalue weighted by molar-refractivity contribution is 9.11. The van der Waals surface area contributed by atoms with E-state index < -0.39 is 0 Å². The molecule has 4 nitrogen and oxygen atoms in total. The first-order chi connectivity index (χ1) is 11.1. The van der Waals surface area contributed by atoms with Crippen molar-refractivity contribution in [3.05, 3.63) is 50.2 Å². The Hall–Kier alpha value is -0.500. The third-order valence-electron chi connectivity index (χ3n) is 3.55. The Morgan fingerprint density at radius 2 is 1.48 bits per heavy atom. The molecule has 0 saturated carbocycles. The van der Waals surface area contributed by atoms with Crippen molar-refractivity contribution < 1.29 is 0 Å². The van der Waals surface area contributed by atoms with Gasteiger partial charge in [-0.15, -0.1) is 0 Å². The summed E-state index contributed by atoms with van der Waals surface area (Å²) in [5.74, 6) is 1.09. The van der Waals surface area contributed by atoms with E-state index in [-0.39, 0.29) is 0 Å². The Bertz CT molecular complexity index is 560. The monoisotopic (exact) mass is 504 g/mol. The normalized spacial score (nSPS) is 15.0. The fourth-order valence-electron chi connectivity index (χ4n) is 2.21. The van der Waals surface area contributed by atoms with Gasteiger partial charge in [0.1, 0.15) is 10.4 Å². The van der Waals surface area contributed by atoms with Gasteiger partial charge in [-0.25, -0.2) is 9.97 Å². The first kappa shape index (κ1) is 18.8. The quantitative estimate of drug-likeness (QED) is 0.558. The molecule has 0 spiro atoms. The predicted molar refractivity (Wildman–Crippen MR) is 106 cm³/mol. The maximum atomic E-state index is 4.41. The van der Waals surface area contributed by atoms with E-state index >= 15 is 0 Å². The largest absolute Gasteiger partial charge is 0.354 e. The zero-order chi connectivity index (χ0) is 16.7. The second kappa shape index (κ2) is 9.71. The molecule has 1 saturated heterocycles. The van der Waals surface area contributed by atoms with Crippen LogP contribution < -0.4 is 4.90 Å². The number of likely N-dealkylation sites (N-methyl/N-ethyl adjacent to an activating group) is 1. The number of piperazine rings is 1. The van der Waals surface area contributed by atoms with Gasteiger partial charge in [-0.2, -0.15) is 0 Å². The van der Waals surface area contributed by atoms with Crippen LogP contribution in [-0.2, 0) is 0 Å². The van der Waals surface area contributed by atoms with Crippen LogP contribution >= 0.6 is 47.8 Å². The van der Waals surface area contributed by atoms with E-state index in [1.54, 1.807) is 6.20 Å². The fourth-order valence-corrected chi connectivity index (χ4v) is 2.91. The second-order valence-electron chi connectivity index (χ2n) is 5.06. The molecule has 3 heterocycles. The molecule has 0 unspecified atom stereocenters. The maximum Gasteiger partial charge on any atom is 0.128 e. The summed E-state index contributed by atoms with van der Waals surface area (Å²) in [7, 11) is 0. The van der Waals surface area contributed by atoms with Crippen molar-refractivity contribution >= 4 is 53.6 Å². The highest BCUT2D eigenvalue weighted by Crippen LogP contribution is 2.16. The number of hydrogen-bond acceptors (Lipinski definition) is 4. The summed E-state index contributed by atoms with van der Waals surface area (Å²) in [4.78, 5) is 13.2. The van der Waals surface area contributed by atoms with Gasteiger partial charge in [-0.3, -0.25) is 0 Å². The van der Waals surface area contributed by atoms with Crippen LogP contribution in [0, 0.1) is 0 Å². The lowest BCUT2D eigenvalue weighted by Gasteiger charge is -2.34.